The van der Waals surface area contributed by atoms with Crippen molar-refractivity contribution in [2.75, 3.05) is 11.9 Å². The Morgan fingerprint density at radius 3 is 2.46 bits per heavy atom. The van der Waals surface area contributed by atoms with E-state index in [1.165, 1.54) is 30.7 Å². The van der Waals surface area contributed by atoms with E-state index in [1.54, 1.807) is 0 Å². The van der Waals surface area contributed by atoms with Crippen LogP contribution in [-0.4, -0.2) is 46.1 Å². The van der Waals surface area contributed by atoms with E-state index < -0.39 is 36.1 Å². The monoisotopic (exact) mass is 387 g/mol. The highest BCUT2D eigenvalue weighted by atomic mass is 19.1. The summed E-state index contributed by atoms with van der Waals surface area (Å²) in [5, 5.41) is 2.49. The van der Waals surface area contributed by atoms with Crippen molar-refractivity contribution < 1.29 is 23.6 Å². The van der Waals surface area contributed by atoms with Crippen LogP contribution in [0.15, 0.2) is 24.3 Å². The zero-order chi connectivity index (χ0) is 20.0. The summed E-state index contributed by atoms with van der Waals surface area (Å²) < 4.78 is 12.9. The van der Waals surface area contributed by atoms with Gasteiger partial charge in [-0.05, 0) is 68.2 Å². The molecule has 8 heteroatoms. The van der Waals surface area contributed by atoms with Gasteiger partial charge in [0, 0.05) is 11.7 Å². The van der Waals surface area contributed by atoms with Crippen molar-refractivity contribution in [3.8, 4) is 0 Å². The molecule has 0 aromatic heterocycles. The summed E-state index contributed by atoms with van der Waals surface area (Å²) in [6, 6.07) is 4.02. The van der Waals surface area contributed by atoms with E-state index in [2.05, 4.69) is 5.32 Å². The summed E-state index contributed by atoms with van der Waals surface area (Å²) in [5.41, 5.74) is 0.337. The lowest BCUT2D eigenvalue weighted by Crippen LogP contribution is -2.45. The van der Waals surface area contributed by atoms with E-state index in [4.69, 9.17) is 0 Å². The lowest BCUT2D eigenvalue weighted by molar-refractivity contribution is -0.144. The fourth-order valence-corrected chi connectivity index (χ4v) is 4.97. The summed E-state index contributed by atoms with van der Waals surface area (Å²) in [4.78, 5) is 51.4. The molecule has 2 saturated carbocycles. The van der Waals surface area contributed by atoms with Gasteiger partial charge in [-0.15, -0.1) is 0 Å². The summed E-state index contributed by atoms with van der Waals surface area (Å²) in [6.07, 6.45) is 4.41. The van der Waals surface area contributed by atoms with E-state index >= 15 is 0 Å². The standard InChI is InChI=1S/C20H22FN3O4/c1-11(16-9-12-2-3-13(16)8-12)24-19(27)18(26)23(20(24)28)10-17(25)22-15-6-4-14(21)5-7-15/h4-7,11-13,16H,2-3,8-10H2,1H3,(H,22,25)/t11-,12+,13+,16-/m1/s1. The Morgan fingerprint density at radius 1 is 1.14 bits per heavy atom. The molecule has 0 spiro atoms. The van der Waals surface area contributed by atoms with Crippen LogP contribution in [0.1, 0.15) is 32.6 Å². The zero-order valence-electron chi connectivity index (χ0n) is 15.6. The summed E-state index contributed by atoms with van der Waals surface area (Å²) in [7, 11) is 0. The number of anilines is 1. The number of nitrogens with one attached hydrogen (secondary N) is 1. The van der Waals surface area contributed by atoms with Gasteiger partial charge in [-0.3, -0.25) is 19.3 Å². The molecule has 7 nitrogen and oxygen atoms in total. The number of urea groups is 1. The average molecular weight is 387 g/mol. The van der Waals surface area contributed by atoms with Gasteiger partial charge in [-0.1, -0.05) is 6.42 Å². The Labute approximate surface area is 161 Å². The van der Waals surface area contributed by atoms with Crippen molar-refractivity contribution in [3.05, 3.63) is 30.1 Å². The molecule has 28 heavy (non-hydrogen) atoms. The molecule has 1 N–H and O–H groups in total. The normalized spacial score (nSPS) is 27.6. The number of carbonyl (C=O) groups is 4. The van der Waals surface area contributed by atoms with Crippen molar-refractivity contribution in [1.29, 1.82) is 0 Å². The highest BCUT2D eigenvalue weighted by Crippen LogP contribution is 2.50. The first-order valence-electron chi connectivity index (χ1n) is 9.59. The van der Waals surface area contributed by atoms with Crippen LogP contribution in [0.4, 0.5) is 14.9 Å². The first-order chi connectivity index (χ1) is 13.3. The maximum Gasteiger partial charge on any atom is 0.334 e. The van der Waals surface area contributed by atoms with Crippen LogP contribution in [0, 0.1) is 23.6 Å². The minimum absolute atomic E-state index is 0.215. The molecule has 1 aromatic rings. The summed E-state index contributed by atoms with van der Waals surface area (Å²) in [6.45, 7) is 1.26. The molecule has 3 fully saturated rings. The Kier molecular flexibility index (Phi) is 4.64. The average Bonchev–Trinajstić information content (AvgIpc) is 3.35. The smallest absolute Gasteiger partial charge is 0.325 e. The second-order valence-corrected chi connectivity index (χ2v) is 7.98. The van der Waals surface area contributed by atoms with E-state index in [-0.39, 0.29) is 12.0 Å². The second-order valence-electron chi connectivity index (χ2n) is 7.98. The molecular formula is C20H22FN3O4. The molecule has 148 valence electrons. The Hall–Kier alpha value is -2.77. The topological polar surface area (TPSA) is 86.8 Å². The number of hydrogen-bond donors (Lipinski definition) is 1. The Balaban J connectivity index is 1.43. The van der Waals surface area contributed by atoms with Gasteiger partial charge in [-0.25, -0.2) is 14.1 Å². The van der Waals surface area contributed by atoms with Gasteiger partial charge in [0.25, 0.3) is 0 Å². The SMILES string of the molecule is C[C@H]([C@H]1C[C@H]2CC[C@H]1C2)N1C(=O)C(=O)N(CC(=O)Nc2ccc(F)cc2)C1=O. The van der Waals surface area contributed by atoms with E-state index in [0.29, 0.717) is 22.4 Å². The summed E-state index contributed by atoms with van der Waals surface area (Å²) in [5.74, 6) is -1.56. The Bertz CT molecular complexity index is 840. The quantitative estimate of drug-likeness (QED) is 0.621. The molecule has 2 aliphatic carbocycles. The summed E-state index contributed by atoms with van der Waals surface area (Å²) >= 11 is 0. The number of amides is 5. The molecule has 3 aliphatic rings. The van der Waals surface area contributed by atoms with Crippen molar-refractivity contribution in [3.63, 3.8) is 0 Å². The van der Waals surface area contributed by atoms with Gasteiger partial charge in [-0.2, -0.15) is 0 Å². The maximum absolute atomic E-state index is 12.9. The highest BCUT2D eigenvalue weighted by molar-refractivity contribution is 6.45. The number of benzene rings is 1. The van der Waals surface area contributed by atoms with Gasteiger partial charge in [0.05, 0.1) is 0 Å². The minimum atomic E-state index is -0.978. The first-order valence-corrected chi connectivity index (χ1v) is 9.59. The van der Waals surface area contributed by atoms with E-state index in [9.17, 15) is 23.6 Å². The second kappa shape index (κ2) is 7.00. The minimum Gasteiger partial charge on any atom is -0.325 e. The van der Waals surface area contributed by atoms with E-state index in [0.717, 1.165) is 24.2 Å². The number of fused-ring (bicyclic) bond motifs is 2. The third kappa shape index (κ3) is 3.16. The number of rotatable bonds is 5. The van der Waals surface area contributed by atoms with Crippen molar-refractivity contribution in [1.82, 2.24) is 9.80 Å². The molecule has 1 heterocycles. The van der Waals surface area contributed by atoms with Crippen LogP contribution in [0.2, 0.25) is 0 Å². The maximum atomic E-state index is 12.9. The van der Waals surface area contributed by atoms with Crippen molar-refractivity contribution in [2.24, 2.45) is 17.8 Å². The molecule has 1 aliphatic heterocycles. The van der Waals surface area contributed by atoms with Gasteiger partial charge in [0.1, 0.15) is 12.4 Å². The molecule has 0 unspecified atom stereocenters. The molecule has 5 amide bonds. The van der Waals surface area contributed by atoms with Crippen LogP contribution < -0.4 is 5.32 Å². The van der Waals surface area contributed by atoms with Crippen molar-refractivity contribution in [2.45, 2.75) is 38.6 Å². The molecule has 4 rings (SSSR count). The molecule has 0 radical (unpaired) electrons. The lowest BCUT2D eigenvalue weighted by atomic mass is 9.83. The van der Waals surface area contributed by atoms with Crippen LogP contribution >= 0.6 is 0 Å². The number of imide groups is 2. The highest BCUT2D eigenvalue weighted by Gasteiger charge is 2.52. The predicted molar refractivity (Wildman–Crippen MR) is 97.4 cm³/mol. The van der Waals surface area contributed by atoms with E-state index in [1.807, 2.05) is 6.92 Å². The van der Waals surface area contributed by atoms with Gasteiger partial charge >= 0.3 is 17.8 Å². The van der Waals surface area contributed by atoms with Crippen LogP contribution in [0.3, 0.4) is 0 Å². The van der Waals surface area contributed by atoms with Gasteiger partial charge in [0.15, 0.2) is 0 Å². The number of carbonyl (C=O) groups excluding carboxylic acids is 4. The molecule has 4 atom stereocenters. The molecular weight excluding hydrogens is 365 g/mol. The van der Waals surface area contributed by atoms with Gasteiger partial charge in [0.2, 0.25) is 5.91 Å². The van der Waals surface area contributed by atoms with Crippen LogP contribution in [0.25, 0.3) is 0 Å². The van der Waals surface area contributed by atoms with Crippen molar-refractivity contribution >= 4 is 29.4 Å². The fraction of sp³-hybridized carbons (Fsp3) is 0.500. The third-order valence-electron chi connectivity index (χ3n) is 6.33. The first kappa shape index (κ1) is 18.6. The zero-order valence-corrected chi connectivity index (χ0v) is 15.6. The molecule has 2 bridgehead atoms. The fourth-order valence-electron chi connectivity index (χ4n) is 4.97. The van der Waals surface area contributed by atoms with Gasteiger partial charge < -0.3 is 5.32 Å². The van der Waals surface area contributed by atoms with Crippen LogP contribution in [0.5, 0.6) is 0 Å². The number of halogens is 1. The Morgan fingerprint density at radius 2 is 1.86 bits per heavy atom. The number of hydrogen-bond acceptors (Lipinski definition) is 4. The number of nitrogens with zero attached hydrogens (tertiary/aromatic N) is 2. The molecule has 1 aromatic carbocycles. The molecule has 1 saturated heterocycles. The predicted octanol–water partition coefficient (Wildman–Crippen LogP) is 2.38. The van der Waals surface area contributed by atoms with Crippen LogP contribution in [-0.2, 0) is 14.4 Å². The third-order valence-corrected chi connectivity index (χ3v) is 6.33. The largest absolute Gasteiger partial charge is 0.334 e. The lowest BCUT2D eigenvalue weighted by Gasteiger charge is -2.32.